The van der Waals surface area contributed by atoms with Crippen molar-refractivity contribution in [1.29, 1.82) is 0 Å². The predicted octanol–water partition coefficient (Wildman–Crippen LogP) is 1.63. The molecular weight excluding hydrogens is 248 g/mol. The van der Waals surface area contributed by atoms with Crippen molar-refractivity contribution < 1.29 is 4.79 Å². The van der Waals surface area contributed by atoms with Crippen LogP contribution in [0.1, 0.15) is 30.6 Å². The molecule has 0 saturated heterocycles. The molecule has 1 aromatic heterocycles. The first-order valence-corrected chi connectivity index (χ1v) is 7.13. The summed E-state index contributed by atoms with van der Waals surface area (Å²) >= 11 is 1.87. The van der Waals surface area contributed by atoms with E-state index in [0.29, 0.717) is 11.3 Å². The van der Waals surface area contributed by atoms with Crippen LogP contribution >= 0.6 is 11.8 Å². The van der Waals surface area contributed by atoms with E-state index in [0.717, 1.165) is 17.9 Å². The SMILES string of the molecule is CCSCCC(C)NC(=O)c1cnccc1NN. The molecule has 6 heteroatoms. The Hall–Kier alpha value is -1.27. The first-order chi connectivity index (χ1) is 8.69. The van der Waals surface area contributed by atoms with Gasteiger partial charge in [0.15, 0.2) is 0 Å². The van der Waals surface area contributed by atoms with Crippen LogP contribution in [0.25, 0.3) is 0 Å². The predicted molar refractivity (Wildman–Crippen MR) is 76.6 cm³/mol. The molecule has 1 rings (SSSR count). The number of hydrogen-bond acceptors (Lipinski definition) is 5. The summed E-state index contributed by atoms with van der Waals surface area (Å²) < 4.78 is 0. The molecule has 0 aliphatic heterocycles. The fraction of sp³-hybridized carbons (Fsp3) is 0.500. The average Bonchev–Trinajstić information content (AvgIpc) is 2.39. The summed E-state index contributed by atoms with van der Waals surface area (Å²) in [5.74, 6) is 7.36. The Balaban J connectivity index is 2.54. The Kier molecular flexibility index (Phi) is 6.53. The number of nitrogen functional groups attached to an aromatic ring is 1. The number of nitrogens with two attached hydrogens (primary N) is 1. The third-order valence-electron chi connectivity index (χ3n) is 2.50. The molecule has 18 heavy (non-hydrogen) atoms. The van der Waals surface area contributed by atoms with Crippen LogP contribution in [0.4, 0.5) is 5.69 Å². The molecule has 0 aliphatic rings. The third kappa shape index (κ3) is 4.54. The van der Waals surface area contributed by atoms with Gasteiger partial charge in [0, 0.05) is 18.4 Å². The molecule has 0 saturated carbocycles. The number of aromatic nitrogens is 1. The quantitative estimate of drug-likeness (QED) is 0.398. The zero-order chi connectivity index (χ0) is 13.4. The van der Waals surface area contributed by atoms with Gasteiger partial charge >= 0.3 is 0 Å². The summed E-state index contributed by atoms with van der Waals surface area (Å²) in [5.41, 5.74) is 3.55. The second-order valence-corrected chi connectivity index (χ2v) is 5.32. The topological polar surface area (TPSA) is 80.0 Å². The van der Waals surface area contributed by atoms with Crippen LogP contribution in [0.15, 0.2) is 18.5 Å². The molecule has 1 amide bonds. The Labute approximate surface area is 112 Å². The summed E-state index contributed by atoms with van der Waals surface area (Å²) in [4.78, 5) is 16.0. The lowest BCUT2D eigenvalue weighted by Gasteiger charge is -2.14. The van der Waals surface area contributed by atoms with E-state index in [2.05, 4.69) is 22.7 Å². The van der Waals surface area contributed by atoms with Crippen molar-refractivity contribution >= 4 is 23.4 Å². The van der Waals surface area contributed by atoms with Crippen molar-refractivity contribution in [3.63, 3.8) is 0 Å². The highest BCUT2D eigenvalue weighted by molar-refractivity contribution is 7.99. The number of pyridine rings is 1. The zero-order valence-corrected chi connectivity index (χ0v) is 11.6. The summed E-state index contributed by atoms with van der Waals surface area (Å²) in [7, 11) is 0. The molecule has 0 aliphatic carbocycles. The number of rotatable bonds is 7. The second kappa shape index (κ2) is 7.94. The highest BCUT2D eigenvalue weighted by Crippen LogP contribution is 2.12. The molecule has 0 fully saturated rings. The maximum absolute atomic E-state index is 12.0. The maximum atomic E-state index is 12.0. The fourth-order valence-electron chi connectivity index (χ4n) is 1.48. The number of hydrazine groups is 1. The van der Waals surface area contributed by atoms with Gasteiger partial charge in [-0.05, 0) is 30.9 Å². The van der Waals surface area contributed by atoms with Crippen LogP contribution < -0.4 is 16.6 Å². The van der Waals surface area contributed by atoms with Gasteiger partial charge in [-0.2, -0.15) is 11.8 Å². The maximum Gasteiger partial charge on any atom is 0.255 e. The van der Waals surface area contributed by atoms with Gasteiger partial charge < -0.3 is 10.7 Å². The van der Waals surface area contributed by atoms with Gasteiger partial charge in [-0.3, -0.25) is 15.6 Å². The molecule has 1 atom stereocenters. The van der Waals surface area contributed by atoms with Crippen LogP contribution in [0.3, 0.4) is 0 Å². The van der Waals surface area contributed by atoms with Crippen molar-refractivity contribution in [3.8, 4) is 0 Å². The summed E-state index contributed by atoms with van der Waals surface area (Å²) in [6, 6.07) is 1.81. The molecule has 5 nitrogen and oxygen atoms in total. The van der Waals surface area contributed by atoms with Crippen molar-refractivity contribution in [3.05, 3.63) is 24.0 Å². The first kappa shape index (κ1) is 14.8. The number of carbonyl (C=O) groups is 1. The lowest BCUT2D eigenvalue weighted by atomic mass is 10.2. The normalized spacial score (nSPS) is 11.9. The van der Waals surface area contributed by atoms with Gasteiger partial charge in [-0.25, -0.2) is 0 Å². The van der Waals surface area contributed by atoms with Crippen molar-refractivity contribution in [2.45, 2.75) is 26.3 Å². The summed E-state index contributed by atoms with van der Waals surface area (Å²) in [5, 5.41) is 2.94. The molecule has 4 N–H and O–H groups in total. The van der Waals surface area contributed by atoms with Crippen molar-refractivity contribution in [1.82, 2.24) is 10.3 Å². The van der Waals surface area contributed by atoms with Gasteiger partial charge in [0.25, 0.3) is 5.91 Å². The van der Waals surface area contributed by atoms with Gasteiger partial charge in [-0.15, -0.1) is 0 Å². The average molecular weight is 268 g/mol. The number of nitrogens with one attached hydrogen (secondary N) is 2. The van der Waals surface area contributed by atoms with E-state index in [1.807, 2.05) is 18.7 Å². The van der Waals surface area contributed by atoms with Crippen molar-refractivity contribution in [2.75, 3.05) is 16.9 Å². The Morgan fingerprint density at radius 3 is 3.06 bits per heavy atom. The van der Waals surface area contributed by atoms with E-state index >= 15 is 0 Å². The number of hydrogen-bond donors (Lipinski definition) is 3. The van der Waals surface area contributed by atoms with E-state index in [-0.39, 0.29) is 11.9 Å². The minimum absolute atomic E-state index is 0.141. The Bertz CT molecular complexity index is 386. The van der Waals surface area contributed by atoms with Crippen LogP contribution in [-0.4, -0.2) is 28.4 Å². The molecular formula is C12H20N4OS. The standard InChI is InChI=1S/C12H20N4OS/c1-3-18-7-5-9(2)15-12(17)10-8-14-6-4-11(10)16-13/h4,6,8-9H,3,5,7,13H2,1-2H3,(H,14,16)(H,15,17). The molecule has 0 aromatic carbocycles. The van der Waals surface area contributed by atoms with Gasteiger partial charge in [-0.1, -0.05) is 6.92 Å². The van der Waals surface area contributed by atoms with Crippen LogP contribution in [0, 0.1) is 0 Å². The smallest absolute Gasteiger partial charge is 0.255 e. The van der Waals surface area contributed by atoms with Gasteiger partial charge in [0.05, 0.1) is 11.3 Å². The molecule has 1 aromatic rings. The number of carbonyl (C=O) groups excluding carboxylic acids is 1. The highest BCUT2D eigenvalue weighted by atomic mass is 32.2. The van der Waals surface area contributed by atoms with E-state index in [4.69, 9.17) is 5.84 Å². The second-order valence-electron chi connectivity index (χ2n) is 3.93. The Morgan fingerprint density at radius 1 is 1.61 bits per heavy atom. The largest absolute Gasteiger partial charge is 0.349 e. The van der Waals surface area contributed by atoms with E-state index in [1.54, 1.807) is 12.3 Å². The lowest BCUT2D eigenvalue weighted by Crippen LogP contribution is -2.33. The van der Waals surface area contributed by atoms with E-state index < -0.39 is 0 Å². The highest BCUT2D eigenvalue weighted by Gasteiger charge is 2.13. The minimum Gasteiger partial charge on any atom is -0.349 e. The molecule has 100 valence electrons. The van der Waals surface area contributed by atoms with Gasteiger partial charge in [0.2, 0.25) is 0 Å². The number of thioether (sulfide) groups is 1. The Morgan fingerprint density at radius 2 is 2.39 bits per heavy atom. The van der Waals surface area contributed by atoms with E-state index in [1.165, 1.54) is 6.20 Å². The van der Waals surface area contributed by atoms with Crippen LogP contribution in [-0.2, 0) is 0 Å². The molecule has 1 heterocycles. The number of anilines is 1. The zero-order valence-electron chi connectivity index (χ0n) is 10.8. The lowest BCUT2D eigenvalue weighted by molar-refractivity contribution is 0.0940. The minimum atomic E-state index is -0.148. The molecule has 0 bridgehead atoms. The van der Waals surface area contributed by atoms with Crippen molar-refractivity contribution in [2.24, 2.45) is 5.84 Å². The summed E-state index contributed by atoms with van der Waals surface area (Å²) in [6.07, 6.45) is 4.06. The van der Waals surface area contributed by atoms with Crippen LogP contribution in [0.2, 0.25) is 0 Å². The monoisotopic (exact) mass is 268 g/mol. The number of nitrogens with zero attached hydrogens (tertiary/aromatic N) is 1. The molecule has 0 spiro atoms. The molecule has 1 unspecified atom stereocenters. The first-order valence-electron chi connectivity index (χ1n) is 5.98. The number of amides is 1. The van der Waals surface area contributed by atoms with E-state index in [9.17, 15) is 4.79 Å². The summed E-state index contributed by atoms with van der Waals surface area (Å²) in [6.45, 7) is 4.13. The molecule has 0 radical (unpaired) electrons. The fourth-order valence-corrected chi connectivity index (χ4v) is 2.29. The third-order valence-corrected chi connectivity index (χ3v) is 3.43. The van der Waals surface area contributed by atoms with Gasteiger partial charge in [0.1, 0.15) is 0 Å². The van der Waals surface area contributed by atoms with Crippen LogP contribution in [0.5, 0.6) is 0 Å².